The lowest BCUT2D eigenvalue weighted by atomic mass is 10.2. The van der Waals surface area contributed by atoms with Crippen molar-refractivity contribution >= 4 is 11.6 Å². The average molecular weight is 337 g/mol. The summed E-state index contributed by atoms with van der Waals surface area (Å²) in [5.41, 5.74) is 0.735. The van der Waals surface area contributed by atoms with Crippen molar-refractivity contribution in [2.24, 2.45) is 0 Å². The molecule has 136 valence electrons. The Kier molecular flexibility index (Phi) is 9.37. The Balaban J connectivity index is 2.31. The van der Waals surface area contributed by atoms with Gasteiger partial charge in [0.2, 0.25) is 5.91 Å². The van der Waals surface area contributed by atoms with E-state index in [4.69, 9.17) is 4.74 Å². The number of aliphatic hydroxyl groups excluding tert-OH is 1. The average Bonchev–Trinajstić information content (AvgIpc) is 2.51. The largest absolute Gasteiger partial charge is 0.491 e. The second-order valence-corrected chi connectivity index (χ2v) is 6.46. The Morgan fingerprint density at radius 2 is 1.71 bits per heavy atom. The Labute approximate surface area is 145 Å². The molecule has 0 bridgehead atoms. The van der Waals surface area contributed by atoms with Crippen molar-refractivity contribution in [3.05, 3.63) is 24.3 Å². The number of aliphatic hydroxyl groups is 1. The van der Waals surface area contributed by atoms with Gasteiger partial charge in [-0.05, 0) is 24.3 Å². The van der Waals surface area contributed by atoms with E-state index in [1.807, 2.05) is 27.7 Å². The third-order valence-corrected chi connectivity index (χ3v) is 3.25. The van der Waals surface area contributed by atoms with Crippen molar-refractivity contribution in [2.45, 2.75) is 52.3 Å². The summed E-state index contributed by atoms with van der Waals surface area (Å²) in [5.74, 6) is 0.644. The van der Waals surface area contributed by atoms with Crippen molar-refractivity contribution < 1.29 is 14.6 Å². The molecule has 1 aromatic carbocycles. The van der Waals surface area contributed by atoms with Gasteiger partial charge in [-0.1, -0.05) is 27.7 Å². The van der Waals surface area contributed by atoms with Gasteiger partial charge in [-0.2, -0.15) is 0 Å². The van der Waals surface area contributed by atoms with Crippen LogP contribution in [-0.2, 0) is 4.79 Å². The molecule has 1 amide bonds. The minimum atomic E-state index is -0.555. The van der Waals surface area contributed by atoms with E-state index in [-0.39, 0.29) is 12.5 Å². The Morgan fingerprint density at radius 3 is 2.29 bits per heavy atom. The SMILES string of the molecule is CC(C)NCCC(=O)Nc1ccc(OCC(O)CNC(C)C)cc1. The standard InChI is InChI=1S/C18H31N3O3/c1-13(2)19-10-9-18(23)21-15-5-7-17(8-6-15)24-12-16(22)11-20-14(3)4/h5-8,13-14,16,19-20,22H,9-12H2,1-4H3,(H,21,23). The summed E-state index contributed by atoms with van der Waals surface area (Å²) in [7, 11) is 0. The number of anilines is 1. The summed E-state index contributed by atoms with van der Waals surface area (Å²) in [6.07, 6.45) is -0.119. The number of benzene rings is 1. The van der Waals surface area contributed by atoms with Crippen LogP contribution in [0.3, 0.4) is 0 Å². The number of carbonyl (C=O) groups excluding carboxylic acids is 1. The highest BCUT2D eigenvalue weighted by Gasteiger charge is 2.07. The van der Waals surface area contributed by atoms with E-state index in [0.29, 0.717) is 37.3 Å². The fourth-order valence-corrected chi connectivity index (χ4v) is 1.96. The van der Waals surface area contributed by atoms with Crippen molar-refractivity contribution in [2.75, 3.05) is 25.0 Å². The molecular formula is C18H31N3O3. The zero-order valence-electron chi connectivity index (χ0n) is 15.1. The molecule has 1 rings (SSSR count). The summed E-state index contributed by atoms with van der Waals surface area (Å²) < 4.78 is 5.54. The number of hydrogen-bond donors (Lipinski definition) is 4. The Bertz CT molecular complexity index is 475. The first-order chi connectivity index (χ1) is 11.4. The van der Waals surface area contributed by atoms with Gasteiger partial charge in [-0.25, -0.2) is 0 Å². The van der Waals surface area contributed by atoms with Gasteiger partial charge in [0.1, 0.15) is 18.5 Å². The quantitative estimate of drug-likeness (QED) is 0.494. The van der Waals surface area contributed by atoms with Crippen LogP contribution in [0.1, 0.15) is 34.1 Å². The van der Waals surface area contributed by atoms with Crippen molar-refractivity contribution in [1.29, 1.82) is 0 Å². The van der Waals surface area contributed by atoms with Gasteiger partial charge in [-0.15, -0.1) is 0 Å². The number of nitrogens with one attached hydrogen (secondary N) is 3. The zero-order chi connectivity index (χ0) is 17.9. The highest BCUT2D eigenvalue weighted by atomic mass is 16.5. The van der Waals surface area contributed by atoms with Gasteiger partial charge in [-0.3, -0.25) is 4.79 Å². The van der Waals surface area contributed by atoms with Crippen LogP contribution in [0.15, 0.2) is 24.3 Å². The third-order valence-electron chi connectivity index (χ3n) is 3.25. The van der Waals surface area contributed by atoms with E-state index in [0.717, 1.165) is 5.69 Å². The molecule has 4 N–H and O–H groups in total. The molecule has 6 nitrogen and oxygen atoms in total. The van der Waals surface area contributed by atoms with Crippen LogP contribution in [0.25, 0.3) is 0 Å². The van der Waals surface area contributed by atoms with Crippen LogP contribution in [0.2, 0.25) is 0 Å². The van der Waals surface area contributed by atoms with E-state index < -0.39 is 6.10 Å². The minimum absolute atomic E-state index is 0.0213. The Morgan fingerprint density at radius 1 is 1.08 bits per heavy atom. The number of amides is 1. The monoisotopic (exact) mass is 337 g/mol. The maximum atomic E-state index is 11.8. The number of rotatable bonds is 11. The molecule has 24 heavy (non-hydrogen) atoms. The first-order valence-electron chi connectivity index (χ1n) is 8.54. The lowest BCUT2D eigenvalue weighted by Crippen LogP contribution is -2.35. The van der Waals surface area contributed by atoms with Crippen LogP contribution in [-0.4, -0.2) is 48.9 Å². The molecule has 1 unspecified atom stereocenters. The van der Waals surface area contributed by atoms with Crippen LogP contribution < -0.4 is 20.7 Å². The normalized spacial score (nSPS) is 12.5. The summed E-state index contributed by atoms with van der Waals surface area (Å²) in [5, 5.41) is 19.0. The maximum Gasteiger partial charge on any atom is 0.225 e. The molecule has 0 saturated heterocycles. The van der Waals surface area contributed by atoms with Gasteiger partial charge in [0.15, 0.2) is 0 Å². The van der Waals surface area contributed by atoms with E-state index in [2.05, 4.69) is 16.0 Å². The van der Waals surface area contributed by atoms with Gasteiger partial charge in [0.05, 0.1) is 0 Å². The number of carbonyl (C=O) groups is 1. The van der Waals surface area contributed by atoms with Crippen molar-refractivity contribution in [3.63, 3.8) is 0 Å². The molecule has 0 aliphatic carbocycles. The topological polar surface area (TPSA) is 82.6 Å². The van der Waals surface area contributed by atoms with E-state index in [1.54, 1.807) is 24.3 Å². The molecule has 0 aromatic heterocycles. The van der Waals surface area contributed by atoms with E-state index in [9.17, 15) is 9.90 Å². The smallest absolute Gasteiger partial charge is 0.225 e. The molecule has 0 saturated carbocycles. The molecule has 0 fully saturated rings. The van der Waals surface area contributed by atoms with Crippen LogP contribution >= 0.6 is 0 Å². The first-order valence-corrected chi connectivity index (χ1v) is 8.54. The minimum Gasteiger partial charge on any atom is -0.491 e. The van der Waals surface area contributed by atoms with Crippen LogP contribution in [0, 0.1) is 0 Å². The fourth-order valence-electron chi connectivity index (χ4n) is 1.96. The van der Waals surface area contributed by atoms with E-state index in [1.165, 1.54) is 0 Å². The zero-order valence-corrected chi connectivity index (χ0v) is 15.1. The van der Waals surface area contributed by atoms with Crippen molar-refractivity contribution in [3.8, 4) is 5.75 Å². The van der Waals surface area contributed by atoms with Crippen molar-refractivity contribution in [1.82, 2.24) is 10.6 Å². The highest BCUT2D eigenvalue weighted by molar-refractivity contribution is 5.90. The number of ether oxygens (including phenoxy) is 1. The fraction of sp³-hybridized carbons (Fsp3) is 0.611. The summed E-state index contributed by atoms with van der Waals surface area (Å²) >= 11 is 0. The number of hydrogen-bond acceptors (Lipinski definition) is 5. The van der Waals surface area contributed by atoms with Gasteiger partial charge in [0, 0.05) is 37.3 Å². The molecule has 0 aliphatic rings. The lowest BCUT2D eigenvalue weighted by Gasteiger charge is -2.15. The molecule has 6 heteroatoms. The molecule has 0 spiro atoms. The molecule has 1 atom stereocenters. The first kappa shape index (κ1) is 20.4. The maximum absolute atomic E-state index is 11.8. The van der Waals surface area contributed by atoms with Gasteiger partial charge in [0.25, 0.3) is 0 Å². The summed E-state index contributed by atoms with van der Waals surface area (Å²) in [6.45, 7) is 9.54. The van der Waals surface area contributed by atoms with Gasteiger partial charge < -0.3 is 25.8 Å². The van der Waals surface area contributed by atoms with E-state index >= 15 is 0 Å². The summed E-state index contributed by atoms with van der Waals surface area (Å²) in [4.78, 5) is 11.8. The van der Waals surface area contributed by atoms with Gasteiger partial charge >= 0.3 is 0 Å². The highest BCUT2D eigenvalue weighted by Crippen LogP contribution is 2.16. The molecule has 1 aromatic rings. The molecule has 0 heterocycles. The summed E-state index contributed by atoms with van der Waals surface area (Å²) in [6, 6.07) is 7.86. The molecular weight excluding hydrogens is 306 g/mol. The Hall–Kier alpha value is -1.63. The van der Waals surface area contributed by atoms with Crippen LogP contribution in [0.5, 0.6) is 5.75 Å². The second-order valence-electron chi connectivity index (χ2n) is 6.46. The molecule has 0 aliphatic heterocycles. The predicted octanol–water partition coefficient (Wildman–Crippen LogP) is 1.75. The third kappa shape index (κ3) is 9.50. The second kappa shape index (κ2) is 11.0. The predicted molar refractivity (Wildman–Crippen MR) is 97.5 cm³/mol. The molecule has 0 radical (unpaired) electrons. The van der Waals surface area contributed by atoms with Crippen LogP contribution in [0.4, 0.5) is 5.69 Å². The lowest BCUT2D eigenvalue weighted by molar-refractivity contribution is -0.116.